The second-order valence-corrected chi connectivity index (χ2v) is 2.78. The van der Waals surface area contributed by atoms with E-state index in [0.717, 1.165) is 6.42 Å². The molecule has 1 rings (SSSR count). The standard InChI is InChI=1S/C9H15NO/c1-11-10-8-7-9-5-3-2-4-6-9/h5,8H,2-4,6-7H2,1H3. The molecule has 1 aliphatic carbocycles. The van der Waals surface area contributed by atoms with Gasteiger partial charge in [-0.15, -0.1) is 0 Å². The lowest BCUT2D eigenvalue weighted by Crippen LogP contribution is -1.92. The van der Waals surface area contributed by atoms with E-state index in [4.69, 9.17) is 0 Å². The number of hydrogen-bond donors (Lipinski definition) is 0. The van der Waals surface area contributed by atoms with E-state index in [2.05, 4.69) is 16.1 Å². The van der Waals surface area contributed by atoms with E-state index in [1.807, 2.05) is 6.21 Å². The molecule has 1 aliphatic rings. The van der Waals surface area contributed by atoms with Crippen LogP contribution in [0.3, 0.4) is 0 Å². The zero-order valence-corrected chi connectivity index (χ0v) is 7.05. The highest BCUT2D eigenvalue weighted by Crippen LogP contribution is 2.18. The second kappa shape index (κ2) is 4.94. The number of hydrogen-bond acceptors (Lipinski definition) is 2. The molecular weight excluding hydrogens is 138 g/mol. The van der Waals surface area contributed by atoms with Gasteiger partial charge in [-0.25, -0.2) is 0 Å². The smallest absolute Gasteiger partial charge is 0.106 e. The third kappa shape index (κ3) is 3.21. The van der Waals surface area contributed by atoms with Gasteiger partial charge in [-0.1, -0.05) is 16.8 Å². The Labute approximate surface area is 67.9 Å². The minimum Gasteiger partial charge on any atom is -0.399 e. The molecule has 0 aliphatic heterocycles. The van der Waals surface area contributed by atoms with Crippen LogP contribution in [-0.4, -0.2) is 13.3 Å². The predicted octanol–water partition coefficient (Wildman–Crippen LogP) is 2.51. The molecule has 0 heterocycles. The fraction of sp³-hybridized carbons (Fsp3) is 0.667. The Morgan fingerprint density at radius 2 is 2.55 bits per heavy atom. The summed E-state index contributed by atoms with van der Waals surface area (Å²) in [4.78, 5) is 4.58. The summed E-state index contributed by atoms with van der Waals surface area (Å²) >= 11 is 0. The van der Waals surface area contributed by atoms with Gasteiger partial charge in [-0.05, 0) is 25.7 Å². The number of allylic oxidation sites excluding steroid dienone is 2. The van der Waals surface area contributed by atoms with Crippen molar-refractivity contribution in [3.05, 3.63) is 11.6 Å². The first kappa shape index (κ1) is 8.31. The Balaban J connectivity index is 2.24. The molecule has 2 heteroatoms. The minimum atomic E-state index is 0.966. The third-order valence-corrected chi connectivity index (χ3v) is 1.92. The summed E-state index contributed by atoms with van der Waals surface area (Å²) in [5.41, 5.74) is 1.51. The first-order valence-electron chi connectivity index (χ1n) is 4.16. The van der Waals surface area contributed by atoms with Gasteiger partial charge in [0.1, 0.15) is 7.11 Å². The molecule has 62 valence electrons. The molecule has 0 spiro atoms. The molecule has 0 fully saturated rings. The van der Waals surface area contributed by atoms with E-state index in [-0.39, 0.29) is 0 Å². The van der Waals surface area contributed by atoms with Crippen molar-refractivity contribution in [2.75, 3.05) is 7.11 Å². The Bertz CT molecular complexity index is 161. The van der Waals surface area contributed by atoms with E-state index in [1.54, 1.807) is 7.11 Å². The van der Waals surface area contributed by atoms with Crippen molar-refractivity contribution >= 4 is 6.21 Å². The van der Waals surface area contributed by atoms with E-state index in [0.29, 0.717) is 0 Å². The Morgan fingerprint density at radius 3 is 3.18 bits per heavy atom. The van der Waals surface area contributed by atoms with E-state index in [1.165, 1.54) is 31.3 Å². The maximum atomic E-state index is 4.58. The zero-order valence-electron chi connectivity index (χ0n) is 7.05. The van der Waals surface area contributed by atoms with E-state index < -0.39 is 0 Å². The normalized spacial score (nSPS) is 18.5. The summed E-state index contributed by atoms with van der Waals surface area (Å²) in [6.07, 6.45) is 10.3. The van der Waals surface area contributed by atoms with Gasteiger partial charge in [0.25, 0.3) is 0 Å². The molecule has 11 heavy (non-hydrogen) atoms. The summed E-state index contributed by atoms with van der Waals surface area (Å²) in [6, 6.07) is 0. The maximum Gasteiger partial charge on any atom is 0.106 e. The van der Waals surface area contributed by atoms with Gasteiger partial charge in [-0.3, -0.25) is 0 Å². The summed E-state index contributed by atoms with van der Waals surface area (Å²) in [7, 11) is 1.58. The fourth-order valence-electron chi connectivity index (χ4n) is 1.32. The molecule has 0 aromatic carbocycles. The zero-order chi connectivity index (χ0) is 7.94. The molecule has 0 N–H and O–H groups in total. The van der Waals surface area contributed by atoms with Gasteiger partial charge < -0.3 is 4.84 Å². The van der Waals surface area contributed by atoms with Crippen molar-refractivity contribution in [1.82, 2.24) is 0 Å². The van der Waals surface area contributed by atoms with Crippen LogP contribution in [0.4, 0.5) is 0 Å². The first-order chi connectivity index (χ1) is 5.43. The molecule has 0 amide bonds. The highest BCUT2D eigenvalue weighted by atomic mass is 16.6. The molecule has 0 saturated heterocycles. The Kier molecular flexibility index (Phi) is 3.73. The minimum absolute atomic E-state index is 0.966. The predicted molar refractivity (Wildman–Crippen MR) is 46.7 cm³/mol. The summed E-state index contributed by atoms with van der Waals surface area (Å²) < 4.78 is 0. The van der Waals surface area contributed by atoms with Crippen LogP contribution < -0.4 is 0 Å². The van der Waals surface area contributed by atoms with Crippen molar-refractivity contribution in [2.45, 2.75) is 32.1 Å². The lowest BCUT2D eigenvalue weighted by molar-refractivity contribution is 0.214. The van der Waals surface area contributed by atoms with Gasteiger partial charge in [0.05, 0.1) is 0 Å². The van der Waals surface area contributed by atoms with Crippen molar-refractivity contribution in [3.8, 4) is 0 Å². The highest BCUT2D eigenvalue weighted by molar-refractivity contribution is 5.60. The van der Waals surface area contributed by atoms with Crippen LogP contribution in [0.1, 0.15) is 32.1 Å². The van der Waals surface area contributed by atoms with Crippen LogP contribution >= 0.6 is 0 Å². The SMILES string of the molecule is CON=CCC1=CCCCC1. The van der Waals surface area contributed by atoms with E-state index in [9.17, 15) is 0 Å². The topological polar surface area (TPSA) is 21.6 Å². The van der Waals surface area contributed by atoms with Gasteiger partial charge in [-0.2, -0.15) is 0 Å². The summed E-state index contributed by atoms with van der Waals surface area (Å²) in [5.74, 6) is 0. The number of nitrogens with zero attached hydrogens (tertiary/aromatic N) is 1. The lowest BCUT2D eigenvalue weighted by Gasteiger charge is -2.09. The molecule has 0 unspecified atom stereocenters. The fourth-order valence-corrected chi connectivity index (χ4v) is 1.32. The van der Waals surface area contributed by atoms with E-state index >= 15 is 0 Å². The summed E-state index contributed by atoms with van der Waals surface area (Å²) in [6.45, 7) is 0. The molecule has 0 radical (unpaired) electrons. The maximum absolute atomic E-state index is 4.58. The van der Waals surface area contributed by atoms with Crippen molar-refractivity contribution in [1.29, 1.82) is 0 Å². The molecule has 2 nitrogen and oxygen atoms in total. The average Bonchev–Trinajstić information content (AvgIpc) is 2.07. The second-order valence-electron chi connectivity index (χ2n) is 2.78. The molecule has 0 aromatic heterocycles. The molecule has 0 aromatic rings. The Morgan fingerprint density at radius 1 is 1.64 bits per heavy atom. The highest BCUT2D eigenvalue weighted by Gasteiger charge is 2.00. The monoisotopic (exact) mass is 153 g/mol. The number of rotatable bonds is 3. The molecular formula is C9H15NO. The van der Waals surface area contributed by atoms with Crippen molar-refractivity contribution in [2.24, 2.45) is 5.16 Å². The van der Waals surface area contributed by atoms with Gasteiger partial charge in [0, 0.05) is 12.6 Å². The molecule has 0 atom stereocenters. The van der Waals surface area contributed by atoms with Crippen LogP contribution in [0.25, 0.3) is 0 Å². The Hall–Kier alpha value is -0.790. The van der Waals surface area contributed by atoms with Gasteiger partial charge in [0.15, 0.2) is 0 Å². The lowest BCUT2D eigenvalue weighted by atomic mass is 9.98. The van der Waals surface area contributed by atoms with Crippen LogP contribution in [0.15, 0.2) is 16.8 Å². The van der Waals surface area contributed by atoms with Crippen molar-refractivity contribution in [3.63, 3.8) is 0 Å². The van der Waals surface area contributed by atoms with Crippen LogP contribution in [0, 0.1) is 0 Å². The van der Waals surface area contributed by atoms with Crippen LogP contribution in [0.2, 0.25) is 0 Å². The third-order valence-electron chi connectivity index (χ3n) is 1.92. The quantitative estimate of drug-likeness (QED) is 0.347. The number of oxime groups is 1. The summed E-state index contributed by atoms with van der Waals surface area (Å²) in [5, 5.41) is 3.70. The van der Waals surface area contributed by atoms with Gasteiger partial charge >= 0.3 is 0 Å². The molecule has 0 bridgehead atoms. The largest absolute Gasteiger partial charge is 0.399 e. The van der Waals surface area contributed by atoms with Gasteiger partial charge in [0.2, 0.25) is 0 Å². The first-order valence-corrected chi connectivity index (χ1v) is 4.16. The van der Waals surface area contributed by atoms with Crippen LogP contribution in [0.5, 0.6) is 0 Å². The van der Waals surface area contributed by atoms with Crippen LogP contribution in [-0.2, 0) is 4.84 Å². The average molecular weight is 153 g/mol. The molecule has 0 saturated carbocycles. The van der Waals surface area contributed by atoms with Crippen molar-refractivity contribution < 1.29 is 4.84 Å².